The van der Waals surface area contributed by atoms with Gasteiger partial charge in [-0.2, -0.15) is 5.10 Å². The maximum Gasteiger partial charge on any atom is 0.0719 e. The lowest BCUT2D eigenvalue weighted by molar-refractivity contribution is 0.183. The van der Waals surface area contributed by atoms with Crippen molar-refractivity contribution in [3.63, 3.8) is 0 Å². The Bertz CT molecular complexity index is 201. The molecule has 0 atom stereocenters. The van der Waals surface area contributed by atoms with Gasteiger partial charge in [0, 0.05) is 13.3 Å². The predicted octanol–water partition coefficient (Wildman–Crippen LogP) is 0.534. The fourth-order valence-corrected chi connectivity index (χ4v) is 0.687. The molecule has 5 heteroatoms. The lowest BCUT2D eigenvalue weighted by atomic mass is 10.6. The van der Waals surface area contributed by atoms with Gasteiger partial charge >= 0.3 is 0 Å². The number of methoxy groups -OCH3 is 1. The molecule has 0 aliphatic heterocycles. The van der Waals surface area contributed by atoms with E-state index in [0.717, 1.165) is 6.54 Å². The summed E-state index contributed by atoms with van der Waals surface area (Å²) in [6, 6.07) is 0. The molecule has 0 aliphatic carbocycles. The highest BCUT2D eigenvalue weighted by Crippen LogP contribution is 1.96. The summed E-state index contributed by atoms with van der Waals surface area (Å²) in [7, 11) is 1.66. The summed E-state index contributed by atoms with van der Waals surface area (Å²) in [6.45, 7) is 1.43. The number of nitrogens with zero attached hydrogens (tertiary/aromatic N) is 2. The lowest BCUT2D eigenvalue weighted by Gasteiger charge is -1.97. The Morgan fingerprint density at radius 2 is 2.45 bits per heavy atom. The Labute approximate surface area is 71.7 Å². The second kappa shape index (κ2) is 4.98. The van der Waals surface area contributed by atoms with Crippen molar-refractivity contribution in [2.75, 3.05) is 19.5 Å². The summed E-state index contributed by atoms with van der Waals surface area (Å²) in [5, 5.41) is 3.96. The average Bonchev–Trinajstić information content (AvgIpc) is 2.31. The molecule has 1 heterocycles. The van der Waals surface area contributed by atoms with Crippen molar-refractivity contribution in [3.05, 3.63) is 12.4 Å². The molecule has 0 bridgehead atoms. The lowest BCUT2D eigenvalue weighted by Crippen LogP contribution is -2.03. The zero-order valence-electron chi connectivity index (χ0n) is 6.36. The minimum Gasteiger partial charge on any atom is -0.396 e. The summed E-state index contributed by atoms with van der Waals surface area (Å²) in [5.41, 5.74) is 6.12. The highest BCUT2D eigenvalue weighted by atomic mass is 35.5. The first-order chi connectivity index (χ1) is 4.83. The van der Waals surface area contributed by atoms with E-state index in [-0.39, 0.29) is 12.4 Å². The number of ether oxygens (including phenoxy) is 1. The highest BCUT2D eigenvalue weighted by Gasteiger charge is 1.91. The fraction of sp³-hybridized carbons (Fsp3) is 0.500. The molecular formula is C6H12ClN3O. The summed E-state index contributed by atoms with van der Waals surface area (Å²) in [5.74, 6) is 0. The van der Waals surface area contributed by atoms with Crippen LogP contribution in [-0.4, -0.2) is 23.5 Å². The monoisotopic (exact) mass is 177 g/mol. The third kappa shape index (κ3) is 3.25. The molecule has 2 N–H and O–H groups in total. The number of anilines is 1. The molecule has 64 valence electrons. The van der Waals surface area contributed by atoms with E-state index in [1.54, 1.807) is 24.2 Å². The average molecular weight is 178 g/mol. The van der Waals surface area contributed by atoms with Gasteiger partial charge < -0.3 is 10.5 Å². The summed E-state index contributed by atoms with van der Waals surface area (Å²) in [6.07, 6.45) is 3.40. The number of nitrogens with two attached hydrogens (primary N) is 1. The SMILES string of the molecule is COCCn1cc(N)cn1.Cl. The van der Waals surface area contributed by atoms with Gasteiger partial charge in [-0.05, 0) is 0 Å². The van der Waals surface area contributed by atoms with Gasteiger partial charge in [0.25, 0.3) is 0 Å². The molecule has 0 amide bonds. The Balaban J connectivity index is 0.000001000. The number of hydrogen-bond acceptors (Lipinski definition) is 3. The van der Waals surface area contributed by atoms with Crippen LogP contribution in [0.4, 0.5) is 5.69 Å². The Morgan fingerprint density at radius 1 is 1.73 bits per heavy atom. The van der Waals surface area contributed by atoms with Gasteiger partial charge in [0.15, 0.2) is 0 Å². The van der Waals surface area contributed by atoms with Gasteiger partial charge in [-0.1, -0.05) is 0 Å². The van der Waals surface area contributed by atoms with Crippen LogP contribution in [-0.2, 0) is 11.3 Å². The van der Waals surface area contributed by atoms with Crippen LogP contribution < -0.4 is 5.73 Å². The molecule has 0 radical (unpaired) electrons. The molecule has 0 spiro atoms. The van der Waals surface area contributed by atoms with Crippen LogP contribution >= 0.6 is 12.4 Å². The topological polar surface area (TPSA) is 53.1 Å². The zero-order chi connectivity index (χ0) is 7.40. The fourth-order valence-electron chi connectivity index (χ4n) is 0.687. The van der Waals surface area contributed by atoms with Crippen LogP contribution in [0, 0.1) is 0 Å². The number of rotatable bonds is 3. The van der Waals surface area contributed by atoms with E-state index >= 15 is 0 Å². The minimum absolute atomic E-state index is 0. The van der Waals surface area contributed by atoms with Gasteiger partial charge in [-0.15, -0.1) is 12.4 Å². The molecule has 4 nitrogen and oxygen atoms in total. The molecular weight excluding hydrogens is 166 g/mol. The van der Waals surface area contributed by atoms with Crippen molar-refractivity contribution in [2.45, 2.75) is 6.54 Å². The van der Waals surface area contributed by atoms with Gasteiger partial charge in [-0.25, -0.2) is 0 Å². The molecule has 1 aromatic heterocycles. The van der Waals surface area contributed by atoms with Crippen molar-refractivity contribution in [1.29, 1.82) is 0 Å². The molecule has 11 heavy (non-hydrogen) atoms. The van der Waals surface area contributed by atoms with E-state index in [1.165, 1.54) is 0 Å². The Morgan fingerprint density at radius 3 is 2.91 bits per heavy atom. The van der Waals surface area contributed by atoms with Gasteiger partial charge in [0.2, 0.25) is 0 Å². The van der Waals surface area contributed by atoms with Crippen molar-refractivity contribution in [2.24, 2.45) is 0 Å². The summed E-state index contributed by atoms with van der Waals surface area (Å²) >= 11 is 0. The van der Waals surface area contributed by atoms with E-state index in [1.807, 2.05) is 0 Å². The van der Waals surface area contributed by atoms with E-state index in [0.29, 0.717) is 12.3 Å². The van der Waals surface area contributed by atoms with Crippen LogP contribution in [0.15, 0.2) is 12.4 Å². The maximum absolute atomic E-state index is 5.43. The minimum atomic E-state index is 0. The van der Waals surface area contributed by atoms with E-state index < -0.39 is 0 Å². The molecule has 0 unspecified atom stereocenters. The molecule has 1 rings (SSSR count). The van der Waals surface area contributed by atoms with Crippen molar-refractivity contribution in [1.82, 2.24) is 9.78 Å². The zero-order valence-corrected chi connectivity index (χ0v) is 7.17. The van der Waals surface area contributed by atoms with Gasteiger partial charge in [0.05, 0.1) is 25.0 Å². The standard InChI is InChI=1S/C6H11N3O.ClH/c1-10-3-2-9-5-6(7)4-8-9;/h4-5H,2-3,7H2,1H3;1H. The van der Waals surface area contributed by atoms with Crippen molar-refractivity contribution in [3.8, 4) is 0 Å². The molecule has 1 aromatic rings. The predicted molar refractivity (Wildman–Crippen MR) is 45.8 cm³/mol. The number of hydrogen-bond donors (Lipinski definition) is 1. The van der Waals surface area contributed by atoms with Crippen molar-refractivity contribution >= 4 is 18.1 Å². The largest absolute Gasteiger partial charge is 0.396 e. The summed E-state index contributed by atoms with van der Waals surface area (Å²) < 4.78 is 6.60. The molecule has 0 saturated heterocycles. The molecule has 0 aromatic carbocycles. The van der Waals surface area contributed by atoms with Crippen LogP contribution in [0.5, 0.6) is 0 Å². The van der Waals surface area contributed by atoms with E-state index in [2.05, 4.69) is 5.10 Å². The van der Waals surface area contributed by atoms with Gasteiger partial charge in [0.1, 0.15) is 0 Å². The summed E-state index contributed by atoms with van der Waals surface area (Å²) in [4.78, 5) is 0. The smallest absolute Gasteiger partial charge is 0.0719 e. The maximum atomic E-state index is 5.43. The van der Waals surface area contributed by atoms with Crippen LogP contribution in [0.25, 0.3) is 0 Å². The number of halogens is 1. The molecule has 0 saturated carbocycles. The number of nitrogen functional groups attached to an aromatic ring is 1. The third-order valence-electron chi connectivity index (χ3n) is 1.18. The third-order valence-corrected chi connectivity index (χ3v) is 1.18. The normalized spacial score (nSPS) is 9.18. The van der Waals surface area contributed by atoms with Crippen LogP contribution in [0.3, 0.4) is 0 Å². The number of aromatic nitrogens is 2. The second-order valence-electron chi connectivity index (χ2n) is 2.03. The first-order valence-corrected chi connectivity index (χ1v) is 3.10. The van der Waals surface area contributed by atoms with Crippen LogP contribution in [0.1, 0.15) is 0 Å². The first kappa shape index (κ1) is 10.3. The molecule has 0 fully saturated rings. The quantitative estimate of drug-likeness (QED) is 0.733. The van der Waals surface area contributed by atoms with E-state index in [4.69, 9.17) is 10.5 Å². The Hall–Kier alpha value is -0.740. The first-order valence-electron chi connectivity index (χ1n) is 3.10. The highest BCUT2D eigenvalue weighted by molar-refractivity contribution is 5.85. The van der Waals surface area contributed by atoms with E-state index in [9.17, 15) is 0 Å². The second-order valence-corrected chi connectivity index (χ2v) is 2.03. The van der Waals surface area contributed by atoms with Crippen molar-refractivity contribution < 1.29 is 4.74 Å². The molecule has 0 aliphatic rings. The van der Waals surface area contributed by atoms with Crippen LogP contribution in [0.2, 0.25) is 0 Å². The Kier molecular flexibility index (Phi) is 4.65. The van der Waals surface area contributed by atoms with Gasteiger partial charge in [-0.3, -0.25) is 4.68 Å².